The van der Waals surface area contributed by atoms with Crippen molar-refractivity contribution in [1.82, 2.24) is 0 Å². The van der Waals surface area contributed by atoms with Crippen molar-refractivity contribution in [2.75, 3.05) is 25.3 Å². The number of ether oxygens (including phenoxy) is 2. The number of nitrogens with one attached hydrogen (secondary N) is 1. The molecule has 0 heterocycles. The predicted octanol–water partition coefficient (Wildman–Crippen LogP) is 2.68. The van der Waals surface area contributed by atoms with Crippen LogP contribution in [0.3, 0.4) is 0 Å². The Kier molecular flexibility index (Phi) is 4.66. The van der Waals surface area contributed by atoms with E-state index in [9.17, 15) is 4.79 Å². The third-order valence-corrected chi connectivity index (χ3v) is 3.11. The van der Waals surface area contributed by atoms with Gasteiger partial charge in [0.1, 0.15) is 5.75 Å². The maximum Gasteiger partial charge on any atom is 0.340 e. The second-order valence-corrected chi connectivity index (χ2v) is 4.46. The van der Waals surface area contributed by atoms with Crippen LogP contribution in [0.5, 0.6) is 5.75 Å². The third kappa shape index (κ3) is 3.45. The summed E-state index contributed by atoms with van der Waals surface area (Å²) in [5.74, 6) is 0.366. The zero-order chi connectivity index (χ0) is 15.2. The molecule has 0 aliphatic heterocycles. The molecule has 0 saturated carbocycles. The summed E-state index contributed by atoms with van der Waals surface area (Å²) in [5.41, 5.74) is 8.30. The van der Waals surface area contributed by atoms with Gasteiger partial charge >= 0.3 is 5.97 Å². The molecule has 0 radical (unpaired) electrons. The number of methoxy groups -OCH3 is 2. The SMILES string of the molecule is COC(=O)c1cc(N)ccc1NCc1ccccc1OC. The third-order valence-electron chi connectivity index (χ3n) is 3.11. The minimum Gasteiger partial charge on any atom is -0.496 e. The first-order valence-electron chi connectivity index (χ1n) is 6.49. The molecule has 2 aromatic carbocycles. The number of rotatable bonds is 5. The fourth-order valence-electron chi connectivity index (χ4n) is 2.03. The smallest absolute Gasteiger partial charge is 0.340 e. The van der Waals surface area contributed by atoms with Gasteiger partial charge < -0.3 is 20.5 Å². The average molecular weight is 286 g/mol. The van der Waals surface area contributed by atoms with Crippen LogP contribution < -0.4 is 15.8 Å². The van der Waals surface area contributed by atoms with Crippen LogP contribution in [0, 0.1) is 0 Å². The second-order valence-electron chi connectivity index (χ2n) is 4.46. The summed E-state index contributed by atoms with van der Waals surface area (Å²) in [6.45, 7) is 0.526. The van der Waals surface area contributed by atoms with E-state index < -0.39 is 5.97 Å². The average Bonchev–Trinajstić information content (AvgIpc) is 2.53. The Morgan fingerprint density at radius 1 is 1.19 bits per heavy atom. The van der Waals surface area contributed by atoms with Crippen molar-refractivity contribution in [2.24, 2.45) is 0 Å². The number of para-hydroxylation sites is 1. The highest BCUT2D eigenvalue weighted by atomic mass is 16.5. The molecule has 0 aliphatic rings. The van der Waals surface area contributed by atoms with Crippen LogP contribution in [-0.2, 0) is 11.3 Å². The first-order chi connectivity index (χ1) is 10.2. The van der Waals surface area contributed by atoms with Crippen molar-refractivity contribution < 1.29 is 14.3 Å². The number of hydrogen-bond acceptors (Lipinski definition) is 5. The first kappa shape index (κ1) is 14.7. The summed E-state index contributed by atoms with van der Waals surface area (Å²) < 4.78 is 10.1. The molecule has 0 amide bonds. The molecule has 0 fully saturated rings. The van der Waals surface area contributed by atoms with Crippen LogP contribution in [-0.4, -0.2) is 20.2 Å². The molecule has 0 unspecified atom stereocenters. The first-order valence-corrected chi connectivity index (χ1v) is 6.49. The Morgan fingerprint density at radius 3 is 2.67 bits per heavy atom. The highest BCUT2D eigenvalue weighted by Gasteiger charge is 2.12. The molecule has 2 rings (SSSR count). The van der Waals surface area contributed by atoms with Gasteiger partial charge in [-0.15, -0.1) is 0 Å². The van der Waals surface area contributed by atoms with Crippen LogP contribution in [0.15, 0.2) is 42.5 Å². The molecule has 2 aromatic rings. The zero-order valence-corrected chi connectivity index (χ0v) is 12.1. The van der Waals surface area contributed by atoms with Crippen LogP contribution in [0.4, 0.5) is 11.4 Å². The largest absolute Gasteiger partial charge is 0.496 e. The molecule has 5 nitrogen and oxygen atoms in total. The molecule has 110 valence electrons. The standard InChI is InChI=1S/C16H18N2O3/c1-20-15-6-4-3-5-11(15)10-18-14-8-7-12(17)9-13(14)16(19)21-2/h3-9,18H,10,17H2,1-2H3. The van der Waals surface area contributed by atoms with Gasteiger partial charge in [-0.05, 0) is 24.3 Å². The quantitative estimate of drug-likeness (QED) is 0.653. The molecule has 3 N–H and O–H groups in total. The van der Waals surface area contributed by atoms with E-state index in [-0.39, 0.29) is 0 Å². The van der Waals surface area contributed by atoms with Crippen molar-refractivity contribution in [2.45, 2.75) is 6.54 Å². The lowest BCUT2D eigenvalue weighted by Gasteiger charge is -2.13. The van der Waals surface area contributed by atoms with E-state index in [4.69, 9.17) is 15.2 Å². The van der Waals surface area contributed by atoms with Gasteiger partial charge in [0.2, 0.25) is 0 Å². The molecule has 0 saturated heterocycles. The van der Waals surface area contributed by atoms with Gasteiger partial charge in [0.15, 0.2) is 0 Å². The van der Waals surface area contributed by atoms with Gasteiger partial charge in [-0.25, -0.2) is 4.79 Å². The van der Waals surface area contributed by atoms with E-state index in [0.717, 1.165) is 11.3 Å². The summed E-state index contributed by atoms with van der Waals surface area (Å²) in [4.78, 5) is 11.8. The van der Waals surface area contributed by atoms with Crippen molar-refractivity contribution in [3.8, 4) is 5.75 Å². The van der Waals surface area contributed by atoms with E-state index >= 15 is 0 Å². The molecular weight excluding hydrogens is 268 g/mol. The summed E-state index contributed by atoms with van der Waals surface area (Å²) in [5, 5.41) is 3.21. The molecule has 5 heteroatoms. The number of carbonyl (C=O) groups is 1. The van der Waals surface area contributed by atoms with Gasteiger partial charge in [0.05, 0.1) is 19.8 Å². The summed E-state index contributed by atoms with van der Waals surface area (Å²) >= 11 is 0. The Morgan fingerprint density at radius 2 is 1.95 bits per heavy atom. The maximum absolute atomic E-state index is 11.8. The fraction of sp³-hybridized carbons (Fsp3) is 0.188. The number of esters is 1. The van der Waals surface area contributed by atoms with Crippen LogP contribution in [0.2, 0.25) is 0 Å². The van der Waals surface area contributed by atoms with Crippen molar-refractivity contribution >= 4 is 17.3 Å². The molecular formula is C16H18N2O3. The van der Waals surface area contributed by atoms with Crippen LogP contribution in [0.1, 0.15) is 15.9 Å². The number of nitrogen functional groups attached to an aromatic ring is 1. The lowest BCUT2D eigenvalue weighted by atomic mass is 10.1. The Labute approximate surface area is 123 Å². The number of hydrogen-bond donors (Lipinski definition) is 2. The predicted molar refractivity (Wildman–Crippen MR) is 82.5 cm³/mol. The van der Waals surface area contributed by atoms with Gasteiger partial charge in [-0.2, -0.15) is 0 Å². The zero-order valence-electron chi connectivity index (χ0n) is 12.1. The van der Waals surface area contributed by atoms with E-state index in [1.165, 1.54) is 7.11 Å². The van der Waals surface area contributed by atoms with Gasteiger partial charge in [0, 0.05) is 23.5 Å². The lowest BCUT2D eigenvalue weighted by Crippen LogP contribution is -2.09. The number of nitrogens with two attached hydrogens (primary N) is 1. The molecule has 0 aliphatic carbocycles. The minimum absolute atomic E-state index is 0.410. The number of carbonyl (C=O) groups excluding carboxylic acids is 1. The summed E-state index contributed by atoms with van der Waals surface area (Å²) in [6, 6.07) is 12.8. The minimum atomic E-state index is -0.426. The Hall–Kier alpha value is -2.69. The molecule has 0 spiro atoms. The van der Waals surface area contributed by atoms with Gasteiger partial charge in [0.25, 0.3) is 0 Å². The van der Waals surface area contributed by atoms with Crippen molar-refractivity contribution in [3.63, 3.8) is 0 Å². The molecule has 0 bridgehead atoms. The van der Waals surface area contributed by atoms with Crippen molar-refractivity contribution in [1.29, 1.82) is 0 Å². The highest BCUT2D eigenvalue weighted by Crippen LogP contribution is 2.23. The normalized spacial score (nSPS) is 10.0. The second kappa shape index (κ2) is 6.65. The van der Waals surface area contributed by atoms with Crippen LogP contribution >= 0.6 is 0 Å². The summed E-state index contributed by atoms with van der Waals surface area (Å²) in [6.07, 6.45) is 0. The topological polar surface area (TPSA) is 73.6 Å². The molecule has 0 atom stereocenters. The monoisotopic (exact) mass is 286 g/mol. The Balaban J connectivity index is 2.22. The van der Waals surface area contributed by atoms with Gasteiger partial charge in [-0.3, -0.25) is 0 Å². The summed E-state index contributed by atoms with van der Waals surface area (Å²) in [7, 11) is 2.97. The maximum atomic E-state index is 11.8. The van der Waals surface area contributed by atoms with E-state index in [2.05, 4.69) is 5.32 Å². The molecule has 21 heavy (non-hydrogen) atoms. The van der Waals surface area contributed by atoms with Crippen molar-refractivity contribution in [3.05, 3.63) is 53.6 Å². The van der Waals surface area contributed by atoms with E-state index in [1.54, 1.807) is 25.3 Å². The van der Waals surface area contributed by atoms with Gasteiger partial charge in [-0.1, -0.05) is 18.2 Å². The number of benzene rings is 2. The Bertz CT molecular complexity index is 641. The fourth-order valence-corrected chi connectivity index (χ4v) is 2.03. The lowest BCUT2D eigenvalue weighted by molar-refractivity contribution is 0.0602. The molecule has 0 aromatic heterocycles. The van der Waals surface area contributed by atoms with Crippen LogP contribution in [0.25, 0.3) is 0 Å². The highest BCUT2D eigenvalue weighted by molar-refractivity contribution is 5.96. The number of anilines is 2. The van der Waals surface area contributed by atoms with E-state index in [0.29, 0.717) is 23.5 Å². The van der Waals surface area contributed by atoms with E-state index in [1.807, 2.05) is 24.3 Å².